The summed E-state index contributed by atoms with van der Waals surface area (Å²) >= 11 is 0. The molecule has 0 radical (unpaired) electrons. The van der Waals surface area contributed by atoms with Crippen molar-refractivity contribution >= 4 is 35.9 Å². The Labute approximate surface area is 182 Å². The molecule has 2 unspecified atom stereocenters. The third-order valence-corrected chi connectivity index (χ3v) is 5.88. The average Bonchev–Trinajstić information content (AvgIpc) is 3.05. The largest absolute Gasteiger partial charge is 0.469 e. The van der Waals surface area contributed by atoms with Gasteiger partial charge in [0.05, 0.1) is 13.0 Å². The van der Waals surface area contributed by atoms with Crippen LogP contribution >= 0.6 is 24.0 Å². The maximum Gasteiger partial charge on any atom is 0.310 e. The van der Waals surface area contributed by atoms with E-state index in [9.17, 15) is 4.79 Å². The zero-order chi connectivity index (χ0) is 18.9. The first-order chi connectivity index (χ1) is 12.6. The van der Waals surface area contributed by atoms with Gasteiger partial charge < -0.3 is 19.9 Å². The number of nitrogens with one attached hydrogen (secondary N) is 1. The van der Waals surface area contributed by atoms with Gasteiger partial charge in [-0.3, -0.25) is 9.79 Å². The molecule has 0 aromatic carbocycles. The van der Waals surface area contributed by atoms with Crippen molar-refractivity contribution in [2.75, 3.05) is 46.9 Å². The molecule has 1 aliphatic heterocycles. The molecule has 1 heterocycles. The monoisotopic (exact) mass is 494 g/mol. The van der Waals surface area contributed by atoms with Crippen LogP contribution in [0.2, 0.25) is 0 Å². The Hall–Kier alpha value is -0.570. The van der Waals surface area contributed by atoms with Crippen LogP contribution < -0.4 is 5.32 Å². The minimum absolute atomic E-state index is 0. The lowest BCUT2D eigenvalue weighted by molar-refractivity contribution is -0.145. The summed E-state index contributed by atoms with van der Waals surface area (Å²) in [5, 5.41) is 3.38. The molecule has 0 aromatic heterocycles. The molecule has 1 saturated carbocycles. The maximum absolute atomic E-state index is 11.9. The average molecular weight is 494 g/mol. The Morgan fingerprint density at radius 2 is 1.96 bits per heavy atom. The summed E-state index contributed by atoms with van der Waals surface area (Å²) in [5.41, 5.74) is 0. The third kappa shape index (κ3) is 7.40. The van der Waals surface area contributed by atoms with Crippen molar-refractivity contribution in [3.63, 3.8) is 0 Å². The topological polar surface area (TPSA) is 57.2 Å². The highest BCUT2D eigenvalue weighted by atomic mass is 127. The van der Waals surface area contributed by atoms with E-state index in [1.807, 2.05) is 0 Å². The quantitative estimate of drug-likeness (QED) is 0.194. The lowest BCUT2D eigenvalue weighted by Gasteiger charge is -2.31. The number of methoxy groups -OCH3 is 1. The van der Waals surface area contributed by atoms with Crippen LogP contribution in [-0.4, -0.2) is 74.7 Å². The first kappa shape index (κ1) is 24.5. The highest BCUT2D eigenvalue weighted by Crippen LogP contribution is 2.24. The number of guanidine groups is 1. The molecule has 6 nitrogen and oxygen atoms in total. The molecular weight excluding hydrogens is 455 g/mol. The van der Waals surface area contributed by atoms with Crippen LogP contribution in [0.3, 0.4) is 0 Å². The molecule has 0 bridgehead atoms. The van der Waals surface area contributed by atoms with Crippen molar-refractivity contribution in [1.82, 2.24) is 15.1 Å². The van der Waals surface area contributed by atoms with E-state index in [-0.39, 0.29) is 35.9 Å². The lowest BCUT2D eigenvalue weighted by atomic mass is 9.94. The SMILES string of the molecule is CCNC(=NCCCN(C)C1CCCCC1)N1CC(C)C(C(=O)OC)C1.I. The number of hydrogen-bond acceptors (Lipinski definition) is 4. The minimum Gasteiger partial charge on any atom is -0.469 e. The van der Waals surface area contributed by atoms with Crippen molar-refractivity contribution < 1.29 is 9.53 Å². The van der Waals surface area contributed by atoms with E-state index < -0.39 is 0 Å². The van der Waals surface area contributed by atoms with Gasteiger partial charge in [-0.2, -0.15) is 0 Å². The highest BCUT2D eigenvalue weighted by molar-refractivity contribution is 14.0. The fourth-order valence-electron chi connectivity index (χ4n) is 4.23. The van der Waals surface area contributed by atoms with Gasteiger partial charge in [0.25, 0.3) is 0 Å². The summed E-state index contributed by atoms with van der Waals surface area (Å²) in [5.74, 6) is 1.07. The summed E-state index contributed by atoms with van der Waals surface area (Å²) in [6.07, 6.45) is 7.94. The molecule has 2 aliphatic rings. The number of esters is 1. The number of rotatable bonds is 7. The Morgan fingerprint density at radius 1 is 1.26 bits per heavy atom. The summed E-state index contributed by atoms with van der Waals surface area (Å²) in [7, 11) is 3.73. The van der Waals surface area contributed by atoms with Crippen LogP contribution in [0.5, 0.6) is 0 Å². The third-order valence-electron chi connectivity index (χ3n) is 5.88. The number of hydrogen-bond donors (Lipinski definition) is 1. The number of carbonyl (C=O) groups is 1. The van der Waals surface area contributed by atoms with Crippen LogP contribution in [0.25, 0.3) is 0 Å². The molecule has 7 heteroatoms. The first-order valence-electron chi connectivity index (χ1n) is 10.4. The number of ether oxygens (including phenoxy) is 1. The normalized spacial score (nSPS) is 24.0. The zero-order valence-electron chi connectivity index (χ0n) is 17.6. The molecule has 158 valence electrons. The van der Waals surface area contributed by atoms with E-state index in [4.69, 9.17) is 9.73 Å². The standard InChI is InChI=1S/C20H38N4O2.HI/c1-5-21-20(24-14-16(2)18(15-24)19(25)26-4)22-12-9-13-23(3)17-10-7-6-8-11-17;/h16-18H,5-15H2,1-4H3,(H,21,22);1H. The van der Waals surface area contributed by atoms with Crippen molar-refractivity contribution in [3.05, 3.63) is 0 Å². The summed E-state index contributed by atoms with van der Waals surface area (Å²) in [6.45, 7) is 8.53. The molecule has 0 spiro atoms. The van der Waals surface area contributed by atoms with Crippen LogP contribution in [-0.2, 0) is 9.53 Å². The fraction of sp³-hybridized carbons (Fsp3) is 0.900. The van der Waals surface area contributed by atoms with E-state index in [0.717, 1.165) is 44.6 Å². The molecule has 1 N–H and O–H groups in total. The van der Waals surface area contributed by atoms with Gasteiger partial charge >= 0.3 is 5.97 Å². The van der Waals surface area contributed by atoms with Gasteiger partial charge in [-0.1, -0.05) is 26.2 Å². The molecule has 0 amide bonds. The summed E-state index contributed by atoms with van der Waals surface area (Å²) < 4.78 is 4.94. The molecule has 2 rings (SSSR count). The lowest BCUT2D eigenvalue weighted by Crippen LogP contribution is -2.41. The van der Waals surface area contributed by atoms with Crippen molar-refractivity contribution in [1.29, 1.82) is 0 Å². The number of carbonyl (C=O) groups excluding carboxylic acids is 1. The molecule has 27 heavy (non-hydrogen) atoms. The molecule has 1 saturated heterocycles. The van der Waals surface area contributed by atoms with Crippen LogP contribution in [0.4, 0.5) is 0 Å². The van der Waals surface area contributed by atoms with E-state index >= 15 is 0 Å². The summed E-state index contributed by atoms with van der Waals surface area (Å²) in [6, 6.07) is 0.765. The predicted octanol–water partition coefficient (Wildman–Crippen LogP) is 2.97. The van der Waals surface area contributed by atoms with Crippen molar-refractivity contribution in [2.24, 2.45) is 16.8 Å². The van der Waals surface area contributed by atoms with Crippen LogP contribution in [0.1, 0.15) is 52.4 Å². The van der Waals surface area contributed by atoms with Gasteiger partial charge in [0.2, 0.25) is 0 Å². The van der Waals surface area contributed by atoms with Gasteiger partial charge in [-0.25, -0.2) is 0 Å². The second-order valence-electron chi connectivity index (χ2n) is 7.87. The molecule has 2 fully saturated rings. The Morgan fingerprint density at radius 3 is 2.59 bits per heavy atom. The molecule has 1 aliphatic carbocycles. The highest BCUT2D eigenvalue weighted by Gasteiger charge is 2.36. The Balaban J connectivity index is 0.00000364. The smallest absolute Gasteiger partial charge is 0.310 e. The number of halogens is 1. The van der Waals surface area contributed by atoms with E-state index in [0.29, 0.717) is 12.5 Å². The van der Waals surface area contributed by atoms with E-state index in [1.54, 1.807) is 0 Å². The predicted molar refractivity (Wildman–Crippen MR) is 122 cm³/mol. The fourth-order valence-corrected chi connectivity index (χ4v) is 4.23. The second kappa shape index (κ2) is 12.8. The minimum atomic E-state index is -0.107. The van der Waals surface area contributed by atoms with Gasteiger partial charge in [0.1, 0.15) is 0 Å². The molecule has 2 atom stereocenters. The maximum atomic E-state index is 11.9. The second-order valence-corrected chi connectivity index (χ2v) is 7.87. The Bertz CT molecular complexity index is 469. The number of aliphatic imine (C=N–C) groups is 1. The van der Waals surface area contributed by atoms with Gasteiger partial charge in [-0.15, -0.1) is 24.0 Å². The van der Waals surface area contributed by atoms with Gasteiger partial charge in [-0.05, 0) is 45.7 Å². The molecule has 0 aromatic rings. The first-order valence-corrected chi connectivity index (χ1v) is 10.4. The van der Waals surface area contributed by atoms with Crippen LogP contribution in [0.15, 0.2) is 4.99 Å². The number of likely N-dealkylation sites (tertiary alicyclic amines) is 1. The Kier molecular flexibility index (Phi) is 11.6. The zero-order valence-corrected chi connectivity index (χ0v) is 19.9. The summed E-state index contributed by atoms with van der Waals surface area (Å²) in [4.78, 5) is 21.5. The van der Waals surface area contributed by atoms with Crippen molar-refractivity contribution in [3.8, 4) is 0 Å². The van der Waals surface area contributed by atoms with E-state index in [2.05, 4.69) is 36.0 Å². The van der Waals surface area contributed by atoms with Gasteiger partial charge in [0.15, 0.2) is 5.96 Å². The van der Waals surface area contributed by atoms with Gasteiger partial charge in [0, 0.05) is 32.2 Å². The van der Waals surface area contributed by atoms with Crippen molar-refractivity contribution in [2.45, 2.75) is 58.4 Å². The molecular formula is C20H39IN4O2. The number of nitrogens with zero attached hydrogens (tertiary/aromatic N) is 3. The van der Waals surface area contributed by atoms with E-state index in [1.165, 1.54) is 39.2 Å². The van der Waals surface area contributed by atoms with Crippen LogP contribution in [0, 0.1) is 11.8 Å².